The van der Waals surface area contributed by atoms with Crippen molar-refractivity contribution in [1.29, 1.82) is 0 Å². The Kier molecular flexibility index (Phi) is 7.30. The van der Waals surface area contributed by atoms with Crippen LogP contribution in [0.4, 0.5) is 4.79 Å². The van der Waals surface area contributed by atoms with Crippen LogP contribution in [-0.2, 0) is 16.2 Å². The summed E-state index contributed by atoms with van der Waals surface area (Å²) < 4.78 is 7.79. The molecule has 2 fully saturated rings. The lowest BCUT2D eigenvalue weighted by molar-refractivity contribution is -0.132. The summed E-state index contributed by atoms with van der Waals surface area (Å²) in [6, 6.07) is 12.6. The first kappa shape index (κ1) is 23.0. The van der Waals surface area contributed by atoms with E-state index < -0.39 is 17.8 Å². The van der Waals surface area contributed by atoms with Gasteiger partial charge in [0.05, 0.1) is 3.57 Å². The second kappa shape index (κ2) is 10.2. The molecule has 1 aliphatic heterocycles. The van der Waals surface area contributed by atoms with Crippen molar-refractivity contribution in [1.82, 2.24) is 10.2 Å². The highest BCUT2D eigenvalue weighted by atomic mass is 127. The van der Waals surface area contributed by atoms with E-state index in [2.05, 4.69) is 43.8 Å². The zero-order chi connectivity index (χ0) is 22.7. The van der Waals surface area contributed by atoms with Crippen molar-refractivity contribution in [3.63, 3.8) is 0 Å². The number of hydrogen-bond acceptors (Lipinski definition) is 4. The molecule has 0 bridgehead atoms. The van der Waals surface area contributed by atoms with Gasteiger partial charge in [-0.1, -0.05) is 53.4 Å². The van der Waals surface area contributed by atoms with Gasteiger partial charge in [-0.2, -0.15) is 0 Å². The number of rotatable bonds is 5. The molecular weight excluding hydrogens is 587 g/mol. The maximum absolute atomic E-state index is 13.0. The maximum Gasteiger partial charge on any atom is 0.331 e. The van der Waals surface area contributed by atoms with Crippen LogP contribution < -0.4 is 10.1 Å². The van der Waals surface area contributed by atoms with E-state index in [0.29, 0.717) is 17.9 Å². The zero-order valence-electron chi connectivity index (χ0n) is 17.3. The Morgan fingerprint density at radius 2 is 1.78 bits per heavy atom. The molecule has 1 heterocycles. The number of hydrogen-bond donors (Lipinski definition) is 1. The van der Waals surface area contributed by atoms with Gasteiger partial charge in [-0.25, -0.2) is 4.79 Å². The summed E-state index contributed by atoms with van der Waals surface area (Å²) in [5.41, 5.74) is 1.73. The van der Waals surface area contributed by atoms with Crippen molar-refractivity contribution in [2.45, 2.75) is 44.8 Å². The van der Waals surface area contributed by atoms with Crippen LogP contribution in [-0.4, -0.2) is 28.8 Å². The molecule has 8 heteroatoms. The molecule has 1 N–H and O–H groups in total. The molecular formula is C24H22BrIN2O4. The van der Waals surface area contributed by atoms with E-state index in [4.69, 9.17) is 4.74 Å². The van der Waals surface area contributed by atoms with Gasteiger partial charge in [0.2, 0.25) is 0 Å². The number of nitrogens with one attached hydrogen (secondary N) is 1. The van der Waals surface area contributed by atoms with Gasteiger partial charge in [-0.05, 0) is 76.9 Å². The van der Waals surface area contributed by atoms with Crippen molar-refractivity contribution < 1.29 is 19.1 Å². The highest BCUT2D eigenvalue weighted by Crippen LogP contribution is 2.28. The van der Waals surface area contributed by atoms with Gasteiger partial charge in [0, 0.05) is 10.5 Å². The maximum atomic E-state index is 13.0. The standard InChI is InChI=1S/C24H22BrIN2O4/c25-17-9-6-15(7-10-17)14-32-21-11-8-16(13-20(21)26)12-19-22(29)27-24(31)28(23(19)30)18-4-2-1-3-5-18/h6-13,18H,1-5,14H2,(H,27,29,31). The number of benzene rings is 2. The Bertz CT molecular complexity index is 1080. The van der Waals surface area contributed by atoms with Gasteiger partial charge < -0.3 is 4.74 Å². The highest BCUT2D eigenvalue weighted by molar-refractivity contribution is 14.1. The smallest absolute Gasteiger partial charge is 0.331 e. The fourth-order valence-electron chi connectivity index (χ4n) is 3.97. The van der Waals surface area contributed by atoms with Gasteiger partial charge in [0.25, 0.3) is 11.8 Å². The number of ether oxygens (including phenoxy) is 1. The quantitative estimate of drug-likeness (QED) is 0.279. The molecule has 4 rings (SSSR count). The third kappa shape index (κ3) is 5.23. The van der Waals surface area contributed by atoms with Crippen LogP contribution in [0, 0.1) is 3.57 Å². The number of carbonyl (C=O) groups is 3. The molecule has 0 atom stereocenters. The average Bonchev–Trinajstić information content (AvgIpc) is 2.78. The van der Waals surface area contributed by atoms with Crippen LogP contribution in [0.15, 0.2) is 52.5 Å². The second-order valence-electron chi connectivity index (χ2n) is 7.89. The molecule has 6 nitrogen and oxygen atoms in total. The van der Waals surface area contributed by atoms with E-state index >= 15 is 0 Å². The fourth-order valence-corrected chi connectivity index (χ4v) is 4.93. The molecule has 1 saturated heterocycles. The molecule has 2 aliphatic rings. The minimum Gasteiger partial charge on any atom is -0.488 e. The minimum atomic E-state index is -0.655. The Morgan fingerprint density at radius 3 is 2.47 bits per heavy atom. The Hall–Kier alpha value is -2.20. The van der Waals surface area contributed by atoms with Crippen LogP contribution in [0.5, 0.6) is 5.75 Å². The summed E-state index contributed by atoms with van der Waals surface area (Å²) in [6.45, 7) is 0.434. The minimum absolute atomic E-state index is 0.0190. The first-order valence-electron chi connectivity index (χ1n) is 10.5. The summed E-state index contributed by atoms with van der Waals surface area (Å²) in [6.07, 6.45) is 6.17. The number of nitrogens with zero attached hydrogens (tertiary/aromatic N) is 1. The number of halogens is 2. The van der Waals surface area contributed by atoms with Crippen molar-refractivity contribution in [3.05, 3.63) is 67.2 Å². The third-order valence-electron chi connectivity index (χ3n) is 5.65. The SMILES string of the molecule is O=C1NC(=O)N(C2CCCCC2)C(=O)C1=Cc1ccc(OCc2ccc(Br)cc2)c(I)c1. The lowest BCUT2D eigenvalue weighted by Gasteiger charge is -2.35. The van der Waals surface area contributed by atoms with Crippen molar-refractivity contribution in [3.8, 4) is 5.75 Å². The molecule has 166 valence electrons. The first-order valence-corrected chi connectivity index (χ1v) is 12.4. The van der Waals surface area contributed by atoms with Gasteiger partial charge >= 0.3 is 6.03 Å². The molecule has 4 amide bonds. The monoisotopic (exact) mass is 608 g/mol. The van der Waals surface area contributed by atoms with E-state index in [0.717, 1.165) is 45.7 Å². The van der Waals surface area contributed by atoms with Gasteiger partial charge in [-0.3, -0.25) is 19.8 Å². The first-order chi connectivity index (χ1) is 15.4. The Balaban J connectivity index is 1.50. The summed E-state index contributed by atoms with van der Waals surface area (Å²) in [4.78, 5) is 39.0. The summed E-state index contributed by atoms with van der Waals surface area (Å²) in [7, 11) is 0. The van der Waals surface area contributed by atoms with E-state index in [9.17, 15) is 14.4 Å². The average molecular weight is 609 g/mol. The van der Waals surface area contributed by atoms with Gasteiger partial charge in [0.1, 0.15) is 17.9 Å². The summed E-state index contributed by atoms with van der Waals surface area (Å²) >= 11 is 5.59. The van der Waals surface area contributed by atoms with Crippen LogP contribution in [0.3, 0.4) is 0 Å². The van der Waals surface area contributed by atoms with Crippen LogP contribution >= 0.6 is 38.5 Å². The van der Waals surface area contributed by atoms with E-state index in [1.165, 1.54) is 4.90 Å². The lowest BCUT2D eigenvalue weighted by Crippen LogP contribution is -2.58. The van der Waals surface area contributed by atoms with Crippen molar-refractivity contribution >= 4 is 62.4 Å². The Morgan fingerprint density at radius 1 is 1.06 bits per heavy atom. The highest BCUT2D eigenvalue weighted by Gasteiger charge is 2.40. The Labute approximate surface area is 208 Å². The van der Waals surface area contributed by atoms with Crippen LogP contribution in [0.2, 0.25) is 0 Å². The molecule has 0 radical (unpaired) electrons. The topological polar surface area (TPSA) is 75.7 Å². The predicted molar refractivity (Wildman–Crippen MR) is 133 cm³/mol. The van der Waals surface area contributed by atoms with Crippen LogP contribution in [0.25, 0.3) is 6.08 Å². The third-order valence-corrected chi connectivity index (χ3v) is 7.02. The largest absolute Gasteiger partial charge is 0.488 e. The molecule has 0 aromatic heterocycles. The van der Waals surface area contributed by atoms with Gasteiger partial charge in [-0.15, -0.1) is 0 Å². The lowest BCUT2D eigenvalue weighted by atomic mass is 9.93. The molecule has 1 aliphatic carbocycles. The van der Waals surface area contributed by atoms with Crippen molar-refractivity contribution in [2.75, 3.05) is 0 Å². The zero-order valence-corrected chi connectivity index (χ0v) is 21.0. The van der Waals surface area contributed by atoms with Crippen molar-refractivity contribution in [2.24, 2.45) is 0 Å². The van der Waals surface area contributed by atoms with Crippen LogP contribution in [0.1, 0.15) is 43.2 Å². The summed E-state index contributed by atoms with van der Waals surface area (Å²) in [5, 5.41) is 2.32. The molecule has 1 saturated carbocycles. The number of carbonyl (C=O) groups excluding carboxylic acids is 3. The summed E-state index contributed by atoms with van der Waals surface area (Å²) in [5.74, 6) is -0.456. The molecule has 0 spiro atoms. The van der Waals surface area contributed by atoms with E-state index in [1.54, 1.807) is 12.1 Å². The van der Waals surface area contributed by atoms with E-state index in [1.807, 2.05) is 36.4 Å². The molecule has 2 aromatic rings. The number of imide groups is 2. The number of amides is 4. The molecule has 0 unspecified atom stereocenters. The number of barbiturate groups is 1. The van der Waals surface area contributed by atoms with Gasteiger partial charge in [0.15, 0.2) is 0 Å². The second-order valence-corrected chi connectivity index (χ2v) is 9.97. The molecule has 2 aromatic carbocycles. The fraction of sp³-hybridized carbons (Fsp3) is 0.292. The predicted octanol–water partition coefficient (Wildman–Crippen LogP) is 5.43. The number of urea groups is 1. The molecule has 32 heavy (non-hydrogen) atoms. The normalized spacial score (nSPS) is 18.8. The van der Waals surface area contributed by atoms with E-state index in [-0.39, 0.29) is 11.6 Å².